The molecule has 0 heterocycles. The molecule has 0 fully saturated rings. The van der Waals surface area contributed by atoms with Crippen LogP contribution in [0.5, 0.6) is 5.75 Å². The van der Waals surface area contributed by atoms with E-state index in [0.717, 1.165) is 0 Å². The van der Waals surface area contributed by atoms with E-state index in [1.807, 2.05) is 0 Å². The first kappa shape index (κ1) is 13.8. The Bertz CT molecular complexity index is 446. The highest BCUT2D eigenvalue weighted by atomic mass is 16.5. The Balaban J connectivity index is 2.56. The lowest BCUT2D eigenvalue weighted by molar-refractivity contribution is -0.118. The first-order chi connectivity index (χ1) is 8.52. The van der Waals surface area contributed by atoms with Gasteiger partial charge in [0, 0.05) is 6.42 Å². The van der Waals surface area contributed by atoms with Gasteiger partial charge in [0.2, 0.25) is 5.91 Å². The first-order valence-corrected chi connectivity index (χ1v) is 5.61. The largest absolute Gasteiger partial charge is 0.491 e. The third-order valence-corrected chi connectivity index (χ3v) is 2.37. The SMILES string of the molecule is NC(=O)CCCCOc1c(N)cccc1C(N)=O. The van der Waals surface area contributed by atoms with Crippen molar-refractivity contribution < 1.29 is 14.3 Å². The van der Waals surface area contributed by atoms with Crippen molar-refractivity contribution in [2.24, 2.45) is 11.5 Å². The quantitative estimate of drug-likeness (QED) is 0.479. The summed E-state index contributed by atoms with van der Waals surface area (Å²) in [6.45, 7) is 0.349. The molecule has 6 N–H and O–H groups in total. The van der Waals surface area contributed by atoms with E-state index >= 15 is 0 Å². The van der Waals surface area contributed by atoms with Gasteiger partial charge in [0.1, 0.15) is 0 Å². The number of hydrogen-bond donors (Lipinski definition) is 3. The van der Waals surface area contributed by atoms with E-state index in [4.69, 9.17) is 21.9 Å². The molecule has 0 aromatic heterocycles. The van der Waals surface area contributed by atoms with Crippen LogP contribution in [0.4, 0.5) is 5.69 Å². The first-order valence-electron chi connectivity index (χ1n) is 5.61. The highest BCUT2D eigenvalue weighted by Gasteiger charge is 2.11. The lowest BCUT2D eigenvalue weighted by atomic mass is 10.1. The van der Waals surface area contributed by atoms with Gasteiger partial charge in [-0.1, -0.05) is 6.07 Å². The Morgan fingerprint density at radius 1 is 1.17 bits per heavy atom. The maximum atomic E-state index is 11.2. The van der Waals surface area contributed by atoms with Crippen LogP contribution in [0.3, 0.4) is 0 Å². The molecule has 1 aromatic rings. The van der Waals surface area contributed by atoms with Crippen LogP contribution >= 0.6 is 0 Å². The molecule has 0 aliphatic rings. The summed E-state index contributed by atoms with van der Waals surface area (Å²) in [5.41, 5.74) is 16.6. The molecule has 0 bridgehead atoms. The molecule has 18 heavy (non-hydrogen) atoms. The topological polar surface area (TPSA) is 121 Å². The highest BCUT2D eigenvalue weighted by molar-refractivity contribution is 5.97. The minimum atomic E-state index is -0.588. The van der Waals surface area contributed by atoms with E-state index in [-0.39, 0.29) is 11.5 Å². The van der Waals surface area contributed by atoms with Gasteiger partial charge in [0.05, 0.1) is 17.9 Å². The standard InChI is InChI=1S/C12H17N3O3/c13-9-5-3-4-8(12(15)17)11(9)18-7-2-1-6-10(14)16/h3-5H,1-2,6-7,13H2,(H2,14,16)(H2,15,17). The van der Waals surface area contributed by atoms with Gasteiger partial charge < -0.3 is 21.9 Å². The average molecular weight is 251 g/mol. The maximum Gasteiger partial charge on any atom is 0.252 e. The van der Waals surface area contributed by atoms with Crippen LogP contribution in [0.25, 0.3) is 0 Å². The molecule has 6 nitrogen and oxygen atoms in total. The number of nitrogens with two attached hydrogens (primary N) is 3. The predicted molar refractivity (Wildman–Crippen MR) is 67.9 cm³/mol. The summed E-state index contributed by atoms with van der Waals surface area (Å²) in [6, 6.07) is 4.82. The van der Waals surface area contributed by atoms with Crippen molar-refractivity contribution in [1.82, 2.24) is 0 Å². The van der Waals surface area contributed by atoms with Crippen LogP contribution in [0.15, 0.2) is 18.2 Å². The number of anilines is 1. The van der Waals surface area contributed by atoms with Crippen LogP contribution < -0.4 is 21.9 Å². The van der Waals surface area contributed by atoms with Crippen molar-refractivity contribution in [3.8, 4) is 5.75 Å². The third-order valence-electron chi connectivity index (χ3n) is 2.37. The molecule has 0 aliphatic heterocycles. The van der Waals surface area contributed by atoms with E-state index < -0.39 is 5.91 Å². The Hall–Kier alpha value is -2.24. The summed E-state index contributed by atoms with van der Waals surface area (Å²) < 4.78 is 5.43. The van der Waals surface area contributed by atoms with Crippen molar-refractivity contribution in [3.05, 3.63) is 23.8 Å². The number of para-hydroxylation sites is 1. The van der Waals surface area contributed by atoms with Crippen LogP contribution in [-0.2, 0) is 4.79 Å². The molecule has 0 spiro atoms. The fraction of sp³-hybridized carbons (Fsp3) is 0.333. The van der Waals surface area contributed by atoms with Crippen LogP contribution in [-0.4, -0.2) is 18.4 Å². The molecule has 0 aliphatic carbocycles. The number of nitrogen functional groups attached to an aromatic ring is 1. The van der Waals surface area contributed by atoms with Crippen molar-refractivity contribution in [2.75, 3.05) is 12.3 Å². The van der Waals surface area contributed by atoms with Crippen LogP contribution in [0, 0.1) is 0 Å². The van der Waals surface area contributed by atoms with Gasteiger partial charge in [-0.3, -0.25) is 9.59 Å². The number of primary amides is 2. The zero-order valence-electron chi connectivity index (χ0n) is 10.0. The number of benzene rings is 1. The fourth-order valence-electron chi connectivity index (χ4n) is 1.49. The summed E-state index contributed by atoms with van der Waals surface area (Å²) in [5, 5.41) is 0. The Morgan fingerprint density at radius 3 is 2.50 bits per heavy atom. The van der Waals surface area contributed by atoms with E-state index in [1.165, 1.54) is 0 Å². The number of rotatable bonds is 7. The van der Waals surface area contributed by atoms with Crippen LogP contribution in [0.2, 0.25) is 0 Å². The Kier molecular flexibility index (Phi) is 4.98. The van der Waals surface area contributed by atoms with Gasteiger partial charge in [0.15, 0.2) is 5.75 Å². The summed E-state index contributed by atoms with van der Waals surface area (Å²) in [4.78, 5) is 21.7. The molecule has 98 valence electrons. The zero-order valence-corrected chi connectivity index (χ0v) is 10.0. The van der Waals surface area contributed by atoms with E-state index in [9.17, 15) is 9.59 Å². The Morgan fingerprint density at radius 2 is 1.89 bits per heavy atom. The summed E-state index contributed by atoms with van der Waals surface area (Å²) >= 11 is 0. The molecule has 0 radical (unpaired) electrons. The summed E-state index contributed by atoms with van der Waals surface area (Å²) in [7, 11) is 0. The monoisotopic (exact) mass is 251 g/mol. The molecule has 0 atom stereocenters. The molecule has 0 saturated carbocycles. The second-order valence-corrected chi connectivity index (χ2v) is 3.86. The normalized spacial score (nSPS) is 10.0. The molecule has 0 saturated heterocycles. The second kappa shape index (κ2) is 6.48. The molecule has 1 aromatic carbocycles. The molecule has 0 unspecified atom stereocenters. The molecule has 6 heteroatoms. The minimum Gasteiger partial charge on any atom is -0.491 e. The molecular formula is C12H17N3O3. The third kappa shape index (κ3) is 3.97. The predicted octanol–water partition coefficient (Wildman–Crippen LogP) is 0.402. The maximum absolute atomic E-state index is 11.2. The number of amides is 2. The van der Waals surface area contributed by atoms with Crippen molar-refractivity contribution in [2.45, 2.75) is 19.3 Å². The molecular weight excluding hydrogens is 234 g/mol. The zero-order chi connectivity index (χ0) is 13.5. The van der Waals surface area contributed by atoms with Gasteiger partial charge in [-0.25, -0.2) is 0 Å². The lowest BCUT2D eigenvalue weighted by Crippen LogP contribution is -2.15. The molecule has 2 amide bonds. The number of hydrogen-bond acceptors (Lipinski definition) is 4. The van der Waals surface area contributed by atoms with Gasteiger partial charge in [-0.05, 0) is 25.0 Å². The average Bonchev–Trinajstić information content (AvgIpc) is 2.29. The van der Waals surface area contributed by atoms with E-state index in [1.54, 1.807) is 18.2 Å². The minimum absolute atomic E-state index is 0.255. The van der Waals surface area contributed by atoms with Gasteiger partial charge >= 0.3 is 0 Å². The van der Waals surface area contributed by atoms with Crippen LogP contribution in [0.1, 0.15) is 29.6 Å². The van der Waals surface area contributed by atoms with E-state index in [2.05, 4.69) is 0 Å². The number of carbonyl (C=O) groups is 2. The van der Waals surface area contributed by atoms with Crippen molar-refractivity contribution in [3.63, 3.8) is 0 Å². The second-order valence-electron chi connectivity index (χ2n) is 3.86. The Labute approximate surface area is 105 Å². The summed E-state index contributed by atoms with van der Waals surface area (Å²) in [5.74, 6) is -0.634. The fourth-order valence-corrected chi connectivity index (χ4v) is 1.49. The van der Waals surface area contributed by atoms with E-state index in [0.29, 0.717) is 37.3 Å². The number of unbranched alkanes of at least 4 members (excludes halogenated alkanes) is 1. The smallest absolute Gasteiger partial charge is 0.252 e. The number of ether oxygens (including phenoxy) is 1. The summed E-state index contributed by atoms with van der Waals surface area (Å²) in [6.07, 6.45) is 1.60. The van der Waals surface area contributed by atoms with Gasteiger partial charge in [-0.15, -0.1) is 0 Å². The van der Waals surface area contributed by atoms with Gasteiger partial charge in [0.25, 0.3) is 5.91 Å². The van der Waals surface area contributed by atoms with Crippen molar-refractivity contribution >= 4 is 17.5 Å². The van der Waals surface area contributed by atoms with Gasteiger partial charge in [-0.2, -0.15) is 0 Å². The number of carbonyl (C=O) groups excluding carboxylic acids is 2. The van der Waals surface area contributed by atoms with Crippen molar-refractivity contribution in [1.29, 1.82) is 0 Å². The molecule has 1 rings (SSSR count). The lowest BCUT2D eigenvalue weighted by Gasteiger charge is -2.11. The highest BCUT2D eigenvalue weighted by Crippen LogP contribution is 2.26.